The Morgan fingerprint density at radius 1 is 1.19 bits per heavy atom. The maximum Gasteiger partial charge on any atom is 0.214 e. The SMILES string of the molecule is CSCCc1nc(-c2cccc(OC(C)(C)C)n2)n(-c2ccnc(F)c2)n1. The molecule has 6 nitrogen and oxygen atoms in total. The van der Waals surface area contributed by atoms with Gasteiger partial charge in [-0.15, -0.1) is 0 Å². The predicted octanol–water partition coefficient (Wildman–Crippen LogP) is 3.95. The number of pyridine rings is 2. The summed E-state index contributed by atoms with van der Waals surface area (Å²) in [5, 5.41) is 4.56. The monoisotopic (exact) mass is 387 g/mol. The van der Waals surface area contributed by atoms with Crippen LogP contribution in [0.2, 0.25) is 0 Å². The molecule has 0 fully saturated rings. The normalized spacial score (nSPS) is 11.6. The Morgan fingerprint density at radius 2 is 2.00 bits per heavy atom. The molecule has 0 amide bonds. The molecule has 0 aliphatic rings. The summed E-state index contributed by atoms with van der Waals surface area (Å²) >= 11 is 1.72. The number of rotatable bonds is 6. The van der Waals surface area contributed by atoms with Crippen LogP contribution < -0.4 is 4.74 Å². The minimum absolute atomic E-state index is 0.364. The van der Waals surface area contributed by atoms with Crippen molar-refractivity contribution in [3.8, 4) is 23.1 Å². The van der Waals surface area contributed by atoms with Crippen LogP contribution in [-0.4, -0.2) is 42.3 Å². The van der Waals surface area contributed by atoms with Crippen molar-refractivity contribution in [1.29, 1.82) is 0 Å². The quantitative estimate of drug-likeness (QED) is 0.597. The van der Waals surface area contributed by atoms with Gasteiger partial charge in [-0.2, -0.15) is 21.3 Å². The van der Waals surface area contributed by atoms with Gasteiger partial charge < -0.3 is 4.74 Å². The Bertz CT molecular complexity index is 922. The molecular formula is C19H22FN5OS. The summed E-state index contributed by atoms with van der Waals surface area (Å²) in [6.07, 6.45) is 4.15. The van der Waals surface area contributed by atoms with Crippen molar-refractivity contribution in [2.24, 2.45) is 0 Å². The van der Waals surface area contributed by atoms with E-state index in [1.165, 1.54) is 12.3 Å². The van der Waals surface area contributed by atoms with Crippen LogP contribution in [0, 0.1) is 5.95 Å². The fraction of sp³-hybridized carbons (Fsp3) is 0.368. The van der Waals surface area contributed by atoms with Crippen LogP contribution in [-0.2, 0) is 6.42 Å². The molecule has 0 saturated heterocycles. The largest absolute Gasteiger partial charge is 0.472 e. The second-order valence-electron chi connectivity index (χ2n) is 6.92. The first-order valence-corrected chi connectivity index (χ1v) is 9.98. The number of thioether (sulfide) groups is 1. The van der Waals surface area contributed by atoms with Gasteiger partial charge in [0.1, 0.15) is 11.3 Å². The molecule has 142 valence electrons. The van der Waals surface area contributed by atoms with Crippen molar-refractivity contribution in [2.45, 2.75) is 32.8 Å². The minimum atomic E-state index is -0.572. The van der Waals surface area contributed by atoms with Gasteiger partial charge in [0, 0.05) is 30.5 Å². The molecule has 3 heterocycles. The standard InChI is InChI=1S/C19H22FN5OS/c1-19(2,3)26-17-7-5-6-14(22-17)18-23-16(9-11-27-4)24-25(18)13-8-10-21-15(20)12-13/h5-8,10,12H,9,11H2,1-4H3. The Morgan fingerprint density at radius 3 is 2.70 bits per heavy atom. The van der Waals surface area contributed by atoms with E-state index in [2.05, 4.69) is 20.1 Å². The summed E-state index contributed by atoms with van der Waals surface area (Å²) in [6.45, 7) is 5.89. The zero-order chi connectivity index (χ0) is 19.4. The molecule has 0 N–H and O–H groups in total. The fourth-order valence-corrected chi connectivity index (χ4v) is 2.82. The molecular weight excluding hydrogens is 365 g/mol. The van der Waals surface area contributed by atoms with Crippen LogP contribution >= 0.6 is 11.8 Å². The first-order valence-electron chi connectivity index (χ1n) is 8.59. The highest BCUT2D eigenvalue weighted by Crippen LogP contribution is 2.24. The van der Waals surface area contributed by atoms with Crippen LogP contribution in [0.1, 0.15) is 26.6 Å². The first-order chi connectivity index (χ1) is 12.9. The van der Waals surface area contributed by atoms with Gasteiger partial charge in [-0.25, -0.2) is 19.6 Å². The number of hydrogen-bond acceptors (Lipinski definition) is 6. The average molecular weight is 387 g/mol. The van der Waals surface area contributed by atoms with E-state index in [4.69, 9.17) is 4.74 Å². The van der Waals surface area contributed by atoms with E-state index in [0.717, 1.165) is 5.75 Å². The summed E-state index contributed by atoms with van der Waals surface area (Å²) in [4.78, 5) is 12.8. The summed E-state index contributed by atoms with van der Waals surface area (Å²) in [7, 11) is 0. The van der Waals surface area contributed by atoms with Crippen molar-refractivity contribution in [3.05, 3.63) is 48.3 Å². The molecule has 0 aliphatic heterocycles. The maximum atomic E-state index is 13.6. The third-order valence-corrected chi connectivity index (χ3v) is 4.11. The summed E-state index contributed by atoms with van der Waals surface area (Å²) < 4.78 is 21.1. The molecule has 0 aromatic carbocycles. The molecule has 8 heteroatoms. The highest BCUT2D eigenvalue weighted by molar-refractivity contribution is 7.98. The van der Waals surface area contributed by atoms with E-state index in [9.17, 15) is 4.39 Å². The third kappa shape index (κ3) is 5.03. The van der Waals surface area contributed by atoms with E-state index < -0.39 is 5.95 Å². The first kappa shape index (κ1) is 19.3. The van der Waals surface area contributed by atoms with Crippen molar-refractivity contribution in [3.63, 3.8) is 0 Å². The Kier molecular flexibility index (Phi) is 5.74. The molecule has 0 saturated carbocycles. The second kappa shape index (κ2) is 8.04. The lowest BCUT2D eigenvalue weighted by Gasteiger charge is -2.20. The van der Waals surface area contributed by atoms with E-state index in [1.807, 2.05) is 39.2 Å². The highest BCUT2D eigenvalue weighted by atomic mass is 32.2. The van der Waals surface area contributed by atoms with Gasteiger partial charge in [-0.1, -0.05) is 6.07 Å². The van der Waals surface area contributed by atoms with E-state index >= 15 is 0 Å². The lowest BCUT2D eigenvalue weighted by molar-refractivity contribution is 0.124. The van der Waals surface area contributed by atoms with Crippen LogP contribution in [0.3, 0.4) is 0 Å². The molecule has 3 aromatic heterocycles. The van der Waals surface area contributed by atoms with Crippen molar-refractivity contribution < 1.29 is 9.13 Å². The van der Waals surface area contributed by atoms with Crippen molar-refractivity contribution in [1.82, 2.24) is 24.7 Å². The van der Waals surface area contributed by atoms with E-state index in [1.54, 1.807) is 28.6 Å². The second-order valence-corrected chi connectivity index (χ2v) is 7.90. The van der Waals surface area contributed by atoms with Crippen LogP contribution in [0.15, 0.2) is 36.5 Å². The lowest BCUT2D eigenvalue weighted by Crippen LogP contribution is -2.23. The fourth-order valence-electron chi connectivity index (χ4n) is 2.43. The zero-order valence-corrected chi connectivity index (χ0v) is 16.6. The highest BCUT2D eigenvalue weighted by Gasteiger charge is 2.18. The van der Waals surface area contributed by atoms with Gasteiger partial charge in [-0.3, -0.25) is 0 Å². The summed E-state index contributed by atoms with van der Waals surface area (Å²) in [6, 6.07) is 8.51. The molecule has 3 aromatic rings. The molecule has 0 spiro atoms. The van der Waals surface area contributed by atoms with E-state index in [-0.39, 0.29) is 5.60 Å². The molecule has 0 atom stereocenters. The van der Waals surface area contributed by atoms with Crippen molar-refractivity contribution in [2.75, 3.05) is 12.0 Å². The molecule has 0 radical (unpaired) electrons. The molecule has 0 bridgehead atoms. The zero-order valence-electron chi connectivity index (χ0n) is 15.8. The number of halogens is 1. The van der Waals surface area contributed by atoms with Crippen molar-refractivity contribution >= 4 is 11.8 Å². The predicted molar refractivity (Wildman–Crippen MR) is 105 cm³/mol. The third-order valence-electron chi connectivity index (χ3n) is 3.50. The number of nitrogens with zero attached hydrogens (tertiary/aromatic N) is 5. The molecule has 27 heavy (non-hydrogen) atoms. The topological polar surface area (TPSA) is 65.7 Å². The van der Waals surface area contributed by atoms with Gasteiger partial charge in [0.2, 0.25) is 11.8 Å². The number of ether oxygens (including phenoxy) is 1. The Hall–Kier alpha value is -2.48. The molecule has 0 unspecified atom stereocenters. The molecule has 3 rings (SSSR count). The van der Waals surface area contributed by atoms with Gasteiger partial charge in [0.15, 0.2) is 11.6 Å². The van der Waals surface area contributed by atoms with Gasteiger partial charge in [0.05, 0.1) is 5.69 Å². The smallest absolute Gasteiger partial charge is 0.214 e. The van der Waals surface area contributed by atoms with Gasteiger partial charge in [0.25, 0.3) is 0 Å². The summed E-state index contributed by atoms with van der Waals surface area (Å²) in [5.74, 6) is 2.05. The Balaban J connectivity index is 2.06. The minimum Gasteiger partial charge on any atom is -0.472 e. The Labute approximate surface area is 162 Å². The van der Waals surface area contributed by atoms with Crippen LogP contribution in [0.25, 0.3) is 17.2 Å². The van der Waals surface area contributed by atoms with Crippen LogP contribution in [0.5, 0.6) is 5.88 Å². The van der Waals surface area contributed by atoms with Gasteiger partial charge in [-0.05, 0) is 39.2 Å². The number of aromatic nitrogens is 5. The molecule has 0 aliphatic carbocycles. The van der Waals surface area contributed by atoms with Gasteiger partial charge >= 0.3 is 0 Å². The number of aryl methyl sites for hydroxylation is 1. The average Bonchev–Trinajstić information content (AvgIpc) is 3.03. The number of hydrogen-bond donors (Lipinski definition) is 0. The lowest BCUT2D eigenvalue weighted by atomic mass is 10.2. The van der Waals surface area contributed by atoms with E-state index in [0.29, 0.717) is 35.3 Å². The maximum absolute atomic E-state index is 13.6. The summed E-state index contributed by atoms with van der Waals surface area (Å²) in [5.41, 5.74) is 0.790. The van der Waals surface area contributed by atoms with Crippen LogP contribution in [0.4, 0.5) is 4.39 Å².